The number of amides is 4. The second kappa shape index (κ2) is 23.6. The van der Waals surface area contributed by atoms with Crippen LogP contribution < -0.4 is 21.3 Å². The van der Waals surface area contributed by atoms with E-state index in [1.165, 1.54) is 30.8 Å². The number of urea groups is 1. The number of hydrogen-bond donors (Lipinski definition) is 4. The lowest BCUT2D eigenvalue weighted by molar-refractivity contribution is -0.121. The van der Waals surface area contributed by atoms with Gasteiger partial charge in [0, 0.05) is 41.6 Å². The maximum Gasteiger partial charge on any atom is 0.315 e. The fraction of sp³-hybridized carbons (Fsp3) is 0.737. The molecule has 0 radical (unpaired) electrons. The Labute approximate surface area is 328 Å². The van der Waals surface area contributed by atoms with Crippen molar-refractivity contribution in [2.75, 3.05) is 41.9 Å². The van der Waals surface area contributed by atoms with Gasteiger partial charge in [0.2, 0.25) is 5.91 Å². The highest BCUT2D eigenvalue weighted by molar-refractivity contribution is 8.34. The van der Waals surface area contributed by atoms with E-state index in [2.05, 4.69) is 70.4 Å². The summed E-state index contributed by atoms with van der Waals surface area (Å²) in [7, 11) is 0. The molecule has 4 N–H and O–H groups in total. The second-order valence-corrected chi connectivity index (χ2v) is 21.2. The first-order chi connectivity index (χ1) is 24.8. The molecular formula is C38H60N4O4S5. The molecule has 3 heterocycles. The molecule has 0 spiro atoms. The van der Waals surface area contributed by atoms with Gasteiger partial charge in [0.15, 0.2) is 5.78 Å². The normalized spacial score (nSPS) is 21.4. The summed E-state index contributed by atoms with van der Waals surface area (Å²) in [4.78, 5) is 49.9. The van der Waals surface area contributed by atoms with Crippen LogP contribution in [0.15, 0.2) is 24.3 Å². The van der Waals surface area contributed by atoms with Crippen LogP contribution in [0.4, 0.5) is 4.79 Å². The maximum absolute atomic E-state index is 13.4. The predicted octanol–water partition coefficient (Wildman–Crippen LogP) is 8.35. The summed E-state index contributed by atoms with van der Waals surface area (Å²) >= 11 is 10.1. The smallest absolute Gasteiger partial charge is 0.315 e. The van der Waals surface area contributed by atoms with Crippen LogP contribution in [-0.4, -0.2) is 91.5 Å². The highest BCUT2D eigenvalue weighted by Gasteiger charge is 2.42. The Morgan fingerprint density at radius 1 is 0.882 bits per heavy atom. The van der Waals surface area contributed by atoms with Crippen LogP contribution in [0, 0.1) is 0 Å². The minimum absolute atomic E-state index is 0.0349. The van der Waals surface area contributed by atoms with Crippen LogP contribution in [0.5, 0.6) is 0 Å². The van der Waals surface area contributed by atoms with Gasteiger partial charge < -0.3 is 21.3 Å². The first-order valence-electron chi connectivity index (χ1n) is 19.3. The van der Waals surface area contributed by atoms with Crippen molar-refractivity contribution in [3.63, 3.8) is 0 Å². The number of carbonyl (C=O) groups excluding carboxylic acids is 4. The quantitative estimate of drug-likeness (QED) is 0.0440. The SMILES string of the molecule is CCCC(SCCCSC1(CCC)SCCCS1)C(=O)c1ccc(C(=O)NCCCCCCNC(=O)CCCC[C@@H]2SC[C@@H]3NC(=O)N[C@@H]32)cc1. The largest absolute Gasteiger partial charge is 0.356 e. The van der Waals surface area contributed by atoms with Gasteiger partial charge in [0.1, 0.15) is 3.41 Å². The topological polar surface area (TPSA) is 116 Å². The lowest BCUT2D eigenvalue weighted by Crippen LogP contribution is -2.36. The Balaban J connectivity index is 1.02. The van der Waals surface area contributed by atoms with Gasteiger partial charge in [-0.15, -0.1) is 35.3 Å². The zero-order valence-electron chi connectivity index (χ0n) is 30.6. The molecule has 3 aliphatic rings. The van der Waals surface area contributed by atoms with E-state index in [-0.39, 0.29) is 41.0 Å². The monoisotopic (exact) mass is 796 g/mol. The third-order valence-electron chi connectivity index (χ3n) is 9.49. The number of rotatable bonds is 25. The fourth-order valence-electron chi connectivity index (χ4n) is 6.70. The number of carbonyl (C=O) groups is 4. The van der Waals surface area contributed by atoms with Crippen molar-refractivity contribution < 1.29 is 19.2 Å². The Bertz CT molecular complexity index is 1230. The van der Waals surface area contributed by atoms with Gasteiger partial charge >= 0.3 is 6.03 Å². The molecule has 0 aromatic heterocycles. The molecule has 1 aromatic carbocycles. The molecule has 0 saturated carbocycles. The molecule has 1 aromatic rings. The van der Waals surface area contributed by atoms with Crippen molar-refractivity contribution in [1.29, 1.82) is 0 Å². The van der Waals surface area contributed by atoms with Crippen molar-refractivity contribution in [3.8, 4) is 0 Å². The Hall–Kier alpha value is -1.15. The van der Waals surface area contributed by atoms with E-state index in [9.17, 15) is 19.2 Å². The van der Waals surface area contributed by atoms with Crippen molar-refractivity contribution in [3.05, 3.63) is 35.4 Å². The lowest BCUT2D eigenvalue weighted by atomic mass is 10.0. The lowest BCUT2D eigenvalue weighted by Gasteiger charge is -2.35. The fourth-order valence-corrected chi connectivity index (χ4v) is 15.2. The van der Waals surface area contributed by atoms with Crippen LogP contribution >= 0.6 is 58.8 Å². The van der Waals surface area contributed by atoms with Crippen LogP contribution in [0.25, 0.3) is 0 Å². The van der Waals surface area contributed by atoms with Crippen LogP contribution in [0.3, 0.4) is 0 Å². The summed E-state index contributed by atoms with van der Waals surface area (Å²) in [5.74, 6) is 5.84. The Kier molecular flexibility index (Phi) is 19.7. The van der Waals surface area contributed by atoms with Gasteiger partial charge in [-0.2, -0.15) is 23.5 Å². The molecule has 0 aliphatic carbocycles. The summed E-state index contributed by atoms with van der Waals surface area (Å²) in [6, 6.07) is 7.61. The van der Waals surface area contributed by atoms with Crippen LogP contribution in [0.2, 0.25) is 0 Å². The number of fused-ring (bicyclic) bond motifs is 1. The number of unbranched alkanes of at least 4 members (excludes halogenated alkanes) is 4. The third kappa shape index (κ3) is 14.5. The Morgan fingerprint density at radius 2 is 1.61 bits per heavy atom. The Morgan fingerprint density at radius 3 is 2.33 bits per heavy atom. The highest BCUT2D eigenvalue weighted by atomic mass is 32.3. The molecule has 4 rings (SSSR count). The molecule has 3 fully saturated rings. The molecule has 1 unspecified atom stereocenters. The minimum atomic E-state index is -0.107. The van der Waals surface area contributed by atoms with Gasteiger partial charge in [-0.25, -0.2) is 4.79 Å². The highest BCUT2D eigenvalue weighted by Crippen LogP contribution is 2.53. The van der Waals surface area contributed by atoms with E-state index >= 15 is 0 Å². The summed E-state index contributed by atoms with van der Waals surface area (Å²) in [6.07, 6.45) is 14.0. The molecule has 8 nitrogen and oxygen atoms in total. The molecule has 4 amide bonds. The number of thioether (sulfide) groups is 5. The number of benzene rings is 1. The molecule has 51 heavy (non-hydrogen) atoms. The molecule has 3 aliphatic heterocycles. The van der Waals surface area contributed by atoms with E-state index < -0.39 is 0 Å². The van der Waals surface area contributed by atoms with E-state index in [1.54, 1.807) is 23.9 Å². The molecule has 0 bridgehead atoms. The number of hydrogen-bond acceptors (Lipinski definition) is 9. The van der Waals surface area contributed by atoms with Gasteiger partial charge in [0.25, 0.3) is 5.91 Å². The first kappa shape index (κ1) is 42.6. The summed E-state index contributed by atoms with van der Waals surface area (Å²) in [5, 5.41) is 12.4. The van der Waals surface area contributed by atoms with Crippen LogP contribution in [-0.2, 0) is 4.79 Å². The van der Waals surface area contributed by atoms with Crippen molar-refractivity contribution >= 4 is 82.4 Å². The number of nitrogens with one attached hydrogen (secondary N) is 4. The minimum Gasteiger partial charge on any atom is -0.356 e. The summed E-state index contributed by atoms with van der Waals surface area (Å²) in [6.45, 7) is 5.72. The number of Topliss-reactive ketones (excluding diaryl/α,β-unsaturated/α-hetero) is 1. The zero-order chi connectivity index (χ0) is 36.3. The van der Waals surface area contributed by atoms with E-state index in [0.717, 1.165) is 81.5 Å². The number of ketones is 1. The maximum atomic E-state index is 13.4. The van der Waals surface area contributed by atoms with Crippen molar-refractivity contribution in [2.24, 2.45) is 0 Å². The van der Waals surface area contributed by atoms with E-state index in [1.807, 2.05) is 23.9 Å². The standard InChI is InChI=1S/C38H60N4O4S5/c1-3-13-32(47-23-11-24-49-38(20-4-2)50-25-12-26-51-38)35(44)28-16-18-29(19-17-28)36(45)40-22-10-6-5-9-21-39-33(43)15-8-7-14-31-34-30(27-48-31)41-37(46)42-34/h16-19,30-32,34H,3-15,20-27H2,1-2H3,(H,39,43)(H,40,45)(H2,41,42,46)/t30-,31-,32?,34-/m0/s1. The van der Waals surface area contributed by atoms with Gasteiger partial charge in [-0.1, -0.05) is 58.1 Å². The molecule has 13 heteroatoms. The van der Waals surface area contributed by atoms with Gasteiger partial charge in [-0.3, -0.25) is 14.4 Å². The summed E-state index contributed by atoms with van der Waals surface area (Å²) < 4.78 is 0.335. The average molecular weight is 797 g/mol. The first-order valence-corrected chi connectivity index (χ1v) is 24.3. The van der Waals surface area contributed by atoms with Crippen molar-refractivity contribution in [1.82, 2.24) is 21.3 Å². The molecule has 4 atom stereocenters. The molecule has 3 saturated heterocycles. The van der Waals surface area contributed by atoms with Crippen LogP contribution in [0.1, 0.15) is 124 Å². The second-order valence-electron chi connectivity index (χ2n) is 13.7. The van der Waals surface area contributed by atoms with E-state index in [0.29, 0.717) is 39.3 Å². The average Bonchev–Trinajstić information content (AvgIpc) is 3.69. The van der Waals surface area contributed by atoms with Gasteiger partial charge in [0.05, 0.1) is 17.3 Å². The molecule has 286 valence electrons. The molecular weight excluding hydrogens is 737 g/mol. The zero-order valence-corrected chi connectivity index (χ0v) is 34.7. The third-order valence-corrected chi connectivity index (χ3v) is 17.9. The predicted molar refractivity (Wildman–Crippen MR) is 224 cm³/mol. The van der Waals surface area contributed by atoms with Gasteiger partial charge in [-0.05, 0) is 86.5 Å². The summed E-state index contributed by atoms with van der Waals surface area (Å²) in [5.41, 5.74) is 1.27. The van der Waals surface area contributed by atoms with Crippen molar-refractivity contribution in [2.45, 2.75) is 130 Å². The van der Waals surface area contributed by atoms with E-state index in [4.69, 9.17) is 0 Å².